The second-order valence-corrected chi connectivity index (χ2v) is 11.5. The van der Waals surface area contributed by atoms with Crippen molar-refractivity contribution in [1.82, 2.24) is 0 Å². The Morgan fingerprint density at radius 1 is 0.556 bits per heavy atom. The average Bonchev–Trinajstić information content (AvgIpc) is 3.04. The second kappa shape index (κ2) is 5.87. The zero-order chi connectivity index (χ0) is 20.5. The van der Waals surface area contributed by atoms with E-state index in [0.29, 0.717) is 0 Å². The maximum atomic E-state index is 2.45. The topological polar surface area (TPSA) is 3.24 Å². The monoisotopic (exact) mass is 363 g/mol. The molecule has 27 heavy (non-hydrogen) atoms. The SMILES string of the molecule is CN(C)c1c2c(c(C(C)(C)C)c3c1=CC(C(C)(C)C)=C3)=CC(C(C)(C)C)=C2. The molecule has 0 fully saturated rings. The van der Waals surface area contributed by atoms with Gasteiger partial charge >= 0.3 is 0 Å². The summed E-state index contributed by atoms with van der Waals surface area (Å²) in [6.07, 6.45) is 9.77. The minimum absolute atomic E-state index is 0.0916. The lowest BCUT2D eigenvalue weighted by Gasteiger charge is -2.26. The summed E-state index contributed by atoms with van der Waals surface area (Å²) < 4.78 is 0. The minimum atomic E-state index is 0.0916. The normalized spacial score (nSPS) is 16.3. The summed E-state index contributed by atoms with van der Waals surface area (Å²) in [6, 6.07) is 0. The molecule has 0 amide bonds. The largest absolute Gasteiger partial charge is 0.377 e. The third-order valence-corrected chi connectivity index (χ3v) is 5.76. The summed E-state index contributed by atoms with van der Waals surface area (Å²) >= 11 is 0. The van der Waals surface area contributed by atoms with Crippen LogP contribution >= 0.6 is 0 Å². The highest BCUT2D eigenvalue weighted by Crippen LogP contribution is 2.38. The molecule has 0 spiro atoms. The van der Waals surface area contributed by atoms with E-state index in [0.717, 1.165) is 0 Å². The van der Waals surface area contributed by atoms with Gasteiger partial charge in [-0.3, -0.25) is 0 Å². The van der Waals surface area contributed by atoms with Gasteiger partial charge in [0.1, 0.15) is 0 Å². The number of fused-ring (bicyclic) bond motifs is 2. The van der Waals surface area contributed by atoms with Crippen molar-refractivity contribution in [1.29, 1.82) is 0 Å². The van der Waals surface area contributed by atoms with Crippen LogP contribution in [0.5, 0.6) is 0 Å². The van der Waals surface area contributed by atoms with Gasteiger partial charge in [0, 0.05) is 24.9 Å². The van der Waals surface area contributed by atoms with Crippen LogP contribution in [0.4, 0.5) is 5.69 Å². The van der Waals surface area contributed by atoms with Crippen molar-refractivity contribution in [3.63, 3.8) is 0 Å². The van der Waals surface area contributed by atoms with Crippen molar-refractivity contribution in [3.05, 3.63) is 38.3 Å². The number of hydrogen-bond donors (Lipinski definition) is 0. The molecule has 2 aliphatic carbocycles. The molecule has 0 aromatic heterocycles. The van der Waals surface area contributed by atoms with Gasteiger partial charge in [0.05, 0.1) is 5.69 Å². The molecule has 0 atom stereocenters. The average molecular weight is 364 g/mol. The van der Waals surface area contributed by atoms with Crippen molar-refractivity contribution in [2.24, 2.45) is 10.8 Å². The Labute approximate surface area is 166 Å². The number of anilines is 1. The zero-order valence-electron chi connectivity index (χ0n) is 19.3. The van der Waals surface area contributed by atoms with Crippen molar-refractivity contribution >= 4 is 30.0 Å². The van der Waals surface area contributed by atoms with Crippen molar-refractivity contribution in [3.8, 4) is 0 Å². The third kappa shape index (κ3) is 3.30. The molecule has 0 bridgehead atoms. The fourth-order valence-electron chi connectivity index (χ4n) is 4.27. The van der Waals surface area contributed by atoms with Gasteiger partial charge in [-0.15, -0.1) is 0 Å². The van der Waals surface area contributed by atoms with E-state index in [1.54, 1.807) is 0 Å². The highest BCUT2D eigenvalue weighted by atomic mass is 15.1. The molecule has 146 valence electrons. The Hall–Kier alpha value is -1.76. The summed E-state index contributed by atoms with van der Waals surface area (Å²) in [5.41, 5.74) is 8.92. The summed E-state index contributed by atoms with van der Waals surface area (Å²) in [4.78, 5) is 2.30. The predicted molar refractivity (Wildman–Crippen MR) is 123 cm³/mol. The molecule has 3 rings (SSSR count). The first-order chi connectivity index (χ1) is 12.1. The molecule has 1 aromatic carbocycles. The number of allylic oxidation sites excluding steroid dienone is 2. The molecule has 1 nitrogen and oxygen atoms in total. The van der Waals surface area contributed by atoms with Gasteiger partial charge in [0.25, 0.3) is 0 Å². The Morgan fingerprint density at radius 3 is 1.41 bits per heavy atom. The van der Waals surface area contributed by atoms with E-state index in [1.807, 2.05) is 0 Å². The van der Waals surface area contributed by atoms with Crippen LogP contribution in [0, 0.1) is 10.8 Å². The molecular weight excluding hydrogens is 326 g/mol. The lowest BCUT2D eigenvalue weighted by molar-refractivity contribution is 0.527. The van der Waals surface area contributed by atoms with E-state index in [-0.39, 0.29) is 16.2 Å². The van der Waals surface area contributed by atoms with Crippen LogP contribution in [0.25, 0.3) is 24.3 Å². The fourth-order valence-corrected chi connectivity index (χ4v) is 4.27. The number of hydrogen-bond acceptors (Lipinski definition) is 1. The summed E-state index contributed by atoms with van der Waals surface area (Å²) in [6.45, 7) is 20.9. The van der Waals surface area contributed by atoms with Crippen LogP contribution in [0.2, 0.25) is 0 Å². The van der Waals surface area contributed by atoms with Gasteiger partial charge in [-0.1, -0.05) is 74.5 Å². The molecule has 0 unspecified atom stereocenters. The van der Waals surface area contributed by atoms with Crippen molar-refractivity contribution in [2.75, 3.05) is 19.0 Å². The Morgan fingerprint density at radius 2 is 1.00 bits per heavy atom. The first-order valence-electron chi connectivity index (χ1n) is 10.2. The molecule has 0 radical (unpaired) electrons. The molecule has 0 aliphatic heterocycles. The predicted octanol–water partition coefficient (Wildman–Crippen LogP) is 5.50. The first kappa shape index (κ1) is 20.0. The lowest BCUT2D eigenvalue weighted by Crippen LogP contribution is -2.33. The molecule has 0 saturated carbocycles. The van der Waals surface area contributed by atoms with Gasteiger partial charge in [-0.2, -0.15) is 0 Å². The number of benzene rings is 1. The van der Waals surface area contributed by atoms with Gasteiger partial charge in [0.2, 0.25) is 0 Å². The Bertz CT molecular complexity index is 963. The van der Waals surface area contributed by atoms with Gasteiger partial charge in [0.15, 0.2) is 0 Å². The van der Waals surface area contributed by atoms with Gasteiger partial charge in [-0.25, -0.2) is 0 Å². The molecule has 0 heterocycles. The van der Waals surface area contributed by atoms with E-state index in [9.17, 15) is 0 Å². The summed E-state index contributed by atoms with van der Waals surface area (Å²) in [5, 5.41) is 2.82. The lowest BCUT2D eigenvalue weighted by atomic mass is 9.80. The maximum Gasteiger partial charge on any atom is 0.0520 e. The van der Waals surface area contributed by atoms with E-state index in [1.165, 1.54) is 44.0 Å². The van der Waals surface area contributed by atoms with Crippen LogP contribution in [0.1, 0.15) is 79.0 Å². The second-order valence-electron chi connectivity index (χ2n) is 11.5. The third-order valence-electron chi connectivity index (χ3n) is 5.76. The Balaban J connectivity index is 2.49. The summed E-state index contributed by atoms with van der Waals surface area (Å²) in [5.74, 6) is 0. The summed E-state index contributed by atoms with van der Waals surface area (Å²) in [7, 11) is 4.36. The quantitative estimate of drug-likeness (QED) is 0.637. The molecule has 0 saturated heterocycles. The highest BCUT2D eigenvalue weighted by Gasteiger charge is 2.31. The van der Waals surface area contributed by atoms with Crippen LogP contribution < -0.4 is 15.3 Å². The van der Waals surface area contributed by atoms with Crippen LogP contribution in [-0.2, 0) is 5.41 Å². The van der Waals surface area contributed by atoms with Crippen LogP contribution in [0.15, 0.2) is 11.1 Å². The van der Waals surface area contributed by atoms with Gasteiger partial charge < -0.3 is 4.90 Å². The highest BCUT2D eigenvalue weighted by molar-refractivity contribution is 5.89. The van der Waals surface area contributed by atoms with Crippen LogP contribution in [0.3, 0.4) is 0 Å². The maximum absolute atomic E-state index is 2.45. The molecular formula is C26H37N. The van der Waals surface area contributed by atoms with Crippen molar-refractivity contribution < 1.29 is 0 Å². The minimum Gasteiger partial charge on any atom is -0.377 e. The van der Waals surface area contributed by atoms with E-state index < -0.39 is 0 Å². The smallest absolute Gasteiger partial charge is 0.0520 e. The standard InChI is InChI=1S/C26H37N/c1-24(2,3)16-12-18-20(14-16)23(27(10)11)21-15-17(25(4,5)6)13-19(21)22(18)26(7,8)9/h12-15H,1-11H3. The van der Waals surface area contributed by atoms with E-state index in [4.69, 9.17) is 0 Å². The molecule has 2 aliphatic rings. The van der Waals surface area contributed by atoms with Crippen LogP contribution in [-0.4, -0.2) is 14.1 Å². The van der Waals surface area contributed by atoms with E-state index in [2.05, 4.69) is 106 Å². The Kier molecular flexibility index (Phi) is 4.34. The van der Waals surface area contributed by atoms with Crippen molar-refractivity contribution in [2.45, 2.75) is 67.7 Å². The molecule has 1 aromatic rings. The zero-order valence-corrected chi connectivity index (χ0v) is 19.3. The molecule has 1 heteroatoms. The van der Waals surface area contributed by atoms with Gasteiger partial charge in [-0.05, 0) is 55.9 Å². The molecule has 0 N–H and O–H groups in total. The number of rotatable bonds is 1. The first-order valence-corrected chi connectivity index (χ1v) is 10.2. The fraction of sp³-hybridized carbons (Fsp3) is 0.538. The van der Waals surface area contributed by atoms with E-state index >= 15 is 0 Å². The number of nitrogens with zero attached hydrogens (tertiary/aromatic N) is 1.